The first kappa shape index (κ1) is 12.3. The molecule has 0 aliphatic rings. The number of hydrogen-bond acceptors (Lipinski definition) is 3. The molecule has 1 heterocycles. The van der Waals surface area contributed by atoms with E-state index in [9.17, 15) is 10.2 Å². The predicted molar refractivity (Wildman–Crippen MR) is 77.1 cm³/mol. The highest BCUT2D eigenvalue weighted by atomic mass is 16.3. The predicted octanol–water partition coefficient (Wildman–Crippen LogP) is 3.26. The average Bonchev–Trinajstić information content (AvgIpc) is 2.82. The van der Waals surface area contributed by atoms with Crippen LogP contribution in [0, 0.1) is 6.92 Å². The summed E-state index contributed by atoms with van der Waals surface area (Å²) in [6, 6.07) is 15.8. The topological polar surface area (TPSA) is 58.3 Å². The molecule has 2 N–H and O–H groups in total. The molecule has 0 saturated heterocycles. The lowest BCUT2D eigenvalue weighted by Crippen LogP contribution is -1.98. The zero-order valence-corrected chi connectivity index (χ0v) is 11.0. The van der Waals surface area contributed by atoms with Crippen LogP contribution in [0.25, 0.3) is 16.9 Å². The molecule has 3 rings (SSSR count). The Bertz CT molecular complexity index is 728. The van der Waals surface area contributed by atoms with Gasteiger partial charge >= 0.3 is 0 Å². The normalized spacial score (nSPS) is 10.7. The van der Waals surface area contributed by atoms with Gasteiger partial charge < -0.3 is 10.2 Å². The zero-order chi connectivity index (χ0) is 14.1. The van der Waals surface area contributed by atoms with Crippen LogP contribution in [0.5, 0.6) is 11.5 Å². The van der Waals surface area contributed by atoms with Crippen LogP contribution in [0.2, 0.25) is 0 Å². The Balaban J connectivity index is 2.02. The minimum Gasteiger partial charge on any atom is -0.508 e. The maximum absolute atomic E-state index is 9.33. The SMILES string of the molecule is Cc1cc(-c2ccc(O)cc2)nn1-c1ccc(O)cc1. The third kappa shape index (κ3) is 2.23. The molecule has 3 aromatic rings. The van der Waals surface area contributed by atoms with Crippen molar-refractivity contribution in [2.75, 3.05) is 0 Å². The fourth-order valence-electron chi connectivity index (χ4n) is 2.10. The van der Waals surface area contributed by atoms with Crippen LogP contribution < -0.4 is 0 Å². The standard InChI is InChI=1S/C16H14N2O2/c1-11-10-16(12-2-6-14(19)7-3-12)17-18(11)13-4-8-15(20)9-5-13/h2-10,19-20H,1H3. The highest BCUT2D eigenvalue weighted by Gasteiger charge is 2.08. The fourth-order valence-corrected chi connectivity index (χ4v) is 2.10. The van der Waals surface area contributed by atoms with E-state index in [1.165, 1.54) is 0 Å². The van der Waals surface area contributed by atoms with E-state index in [1.807, 2.05) is 41.9 Å². The number of phenolic OH excluding ortho intramolecular Hbond substituents is 2. The molecular weight excluding hydrogens is 252 g/mol. The van der Waals surface area contributed by atoms with Crippen molar-refractivity contribution in [2.24, 2.45) is 0 Å². The molecule has 4 heteroatoms. The number of nitrogens with zero attached hydrogens (tertiary/aromatic N) is 2. The van der Waals surface area contributed by atoms with Gasteiger partial charge in [0.2, 0.25) is 0 Å². The molecule has 1 aromatic heterocycles. The average molecular weight is 266 g/mol. The molecule has 0 aliphatic heterocycles. The number of phenols is 2. The van der Waals surface area contributed by atoms with E-state index in [0.29, 0.717) is 0 Å². The van der Waals surface area contributed by atoms with Gasteiger partial charge in [0.05, 0.1) is 11.4 Å². The Hall–Kier alpha value is -2.75. The number of hydrogen-bond donors (Lipinski definition) is 2. The van der Waals surface area contributed by atoms with Gasteiger partial charge in [0.25, 0.3) is 0 Å². The third-order valence-corrected chi connectivity index (χ3v) is 3.14. The van der Waals surface area contributed by atoms with Gasteiger partial charge in [-0.15, -0.1) is 0 Å². The lowest BCUT2D eigenvalue weighted by Gasteiger charge is -2.04. The summed E-state index contributed by atoms with van der Waals surface area (Å²) in [5, 5.41) is 23.2. The molecule has 0 amide bonds. The summed E-state index contributed by atoms with van der Waals surface area (Å²) in [7, 11) is 0. The quantitative estimate of drug-likeness (QED) is 0.748. The van der Waals surface area contributed by atoms with E-state index >= 15 is 0 Å². The summed E-state index contributed by atoms with van der Waals surface area (Å²) in [5.74, 6) is 0.473. The van der Waals surface area contributed by atoms with Gasteiger partial charge in [0.1, 0.15) is 11.5 Å². The van der Waals surface area contributed by atoms with Crippen LogP contribution in [0.4, 0.5) is 0 Å². The van der Waals surface area contributed by atoms with Gasteiger partial charge in [-0.25, -0.2) is 4.68 Å². The zero-order valence-electron chi connectivity index (χ0n) is 11.0. The summed E-state index contributed by atoms with van der Waals surface area (Å²) in [6.07, 6.45) is 0. The third-order valence-electron chi connectivity index (χ3n) is 3.14. The number of aromatic nitrogens is 2. The second-order valence-corrected chi connectivity index (χ2v) is 4.65. The number of rotatable bonds is 2. The van der Waals surface area contributed by atoms with E-state index < -0.39 is 0 Å². The van der Waals surface area contributed by atoms with E-state index in [0.717, 1.165) is 22.6 Å². The lowest BCUT2D eigenvalue weighted by atomic mass is 10.1. The van der Waals surface area contributed by atoms with Gasteiger partial charge in [-0.3, -0.25) is 0 Å². The van der Waals surface area contributed by atoms with E-state index in [-0.39, 0.29) is 11.5 Å². The molecule has 0 saturated carbocycles. The Morgan fingerprint density at radius 2 is 1.40 bits per heavy atom. The van der Waals surface area contributed by atoms with Crippen LogP contribution in [-0.4, -0.2) is 20.0 Å². The Morgan fingerprint density at radius 1 is 0.850 bits per heavy atom. The first-order chi connectivity index (χ1) is 9.63. The summed E-state index contributed by atoms with van der Waals surface area (Å²) in [4.78, 5) is 0. The Kier molecular flexibility index (Phi) is 2.91. The van der Waals surface area contributed by atoms with Crippen molar-refractivity contribution < 1.29 is 10.2 Å². The molecule has 0 bridgehead atoms. The number of aryl methyl sites for hydroxylation is 1. The van der Waals surface area contributed by atoms with Crippen molar-refractivity contribution in [3.05, 3.63) is 60.3 Å². The second kappa shape index (κ2) is 4.74. The number of benzene rings is 2. The Morgan fingerprint density at radius 3 is 2.00 bits per heavy atom. The summed E-state index contributed by atoms with van der Waals surface area (Å²) in [5.41, 5.74) is 3.68. The van der Waals surface area contributed by atoms with Gasteiger partial charge in [-0.1, -0.05) is 0 Å². The van der Waals surface area contributed by atoms with Gasteiger partial charge in [-0.05, 0) is 61.5 Å². The van der Waals surface area contributed by atoms with Gasteiger partial charge in [0.15, 0.2) is 0 Å². The molecule has 100 valence electrons. The molecule has 20 heavy (non-hydrogen) atoms. The maximum Gasteiger partial charge on any atom is 0.115 e. The van der Waals surface area contributed by atoms with Crippen LogP contribution in [0.1, 0.15) is 5.69 Å². The van der Waals surface area contributed by atoms with E-state index in [4.69, 9.17) is 0 Å². The monoisotopic (exact) mass is 266 g/mol. The smallest absolute Gasteiger partial charge is 0.115 e. The minimum atomic E-state index is 0.234. The summed E-state index contributed by atoms with van der Waals surface area (Å²) in [6.45, 7) is 1.98. The molecule has 0 radical (unpaired) electrons. The first-order valence-electron chi connectivity index (χ1n) is 6.29. The van der Waals surface area contributed by atoms with Crippen LogP contribution in [0.15, 0.2) is 54.6 Å². The van der Waals surface area contributed by atoms with Gasteiger partial charge in [-0.2, -0.15) is 5.10 Å². The molecule has 0 aliphatic carbocycles. The molecule has 0 unspecified atom stereocenters. The highest BCUT2D eigenvalue weighted by Crippen LogP contribution is 2.23. The first-order valence-corrected chi connectivity index (χ1v) is 6.29. The van der Waals surface area contributed by atoms with Crippen molar-refractivity contribution in [3.8, 4) is 28.4 Å². The van der Waals surface area contributed by atoms with Crippen LogP contribution in [0.3, 0.4) is 0 Å². The molecule has 2 aromatic carbocycles. The molecule has 0 atom stereocenters. The molecule has 4 nitrogen and oxygen atoms in total. The fraction of sp³-hybridized carbons (Fsp3) is 0.0625. The molecular formula is C16H14N2O2. The molecule has 0 fully saturated rings. The highest BCUT2D eigenvalue weighted by molar-refractivity contribution is 5.61. The van der Waals surface area contributed by atoms with Crippen molar-refractivity contribution in [1.29, 1.82) is 0 Å². The summed E-state index contributed by atoms with van der Waals surface area (Å²) < 4.78 is 1.82. The second-order valence-electron chi connectivity index (χ2n) is 4.65. The van der Waals surface area contributed by atoms with Crippen molar-refractivity contribution in [2.45, 2.75) is 6.92 Å². The van der Waals surface area contributed by atoms with Crippen molar-refractivity contribution >= 4 is 0 Å². The van der Waals surface area contributed by atoms with Crippen molar-refractivity contribution in [1.82, 2.24) is 9.78 Å². The van der Waals surface area contributed by atoms with Crippen LogP contribution >= 0.6 is 0 Å². The van der Waals surface area contributed by atoms with Crippen LogP contribution in [-0.2, 0) is 0 Å². The maximum atomic E-state index is 9.33. The lowest BCUT2D eigenvalue weighted by molar-refractivity contribution is 0.474. The van der Waals surface area contributed by atoms with E-state index in [1.54, 1.807) is 24.3 Å². The minimum absolute atomic E-state index is 0.234. The van der Waals surface area contributed by atoms with E-state index in [2.05, 4.69) is 5.10 Å². The Labute approximate surface area is 116 Å². The molecule has 0 spiro atoms. The number of aromatic hydroxyl groups is 2. The summed E-state index contributed by atoms with van der Waals surface area (Å²) >= 11 is 0. The van der Waals surface area contributed by atoms with Crippen molar-refractivity contribution in [3.63, 3.8) is 0 Å². The van der Waals surface area contributed by atoms with Gasteiger partial charge in [0, 0.05) is 11.3 Å². The largest absolute Gasteiger partial charge is 0.508 e.